The van der Waals surface area contributed by atoms with Gasteiger partial charge in [0.05, 0.1) is 40.2 Å². The number of nitrogens with zero attached hydrogens (tertiary/aromatic N) is 4. The van der Waals surface area contributed by atoms with Crippen molar-refractivity contribution in [3.63, 3.8) is 0 Å². The zero-order valence-corrected chi connectivity index (χ0v) is 29.3. The SMILES string of the molecule is c1ccc(-c2cc(-c3ccccc3)cc(-c3cnc(-n4c5ccccc5c5ccc6c(ccc7c6c6ccccc6n7-c6ccccc6)c54)cn3)c2)cc1. The van der Waals surface area contributed by atoms with Crippen LogP contribution < -0.4 is 0 Å². The van der Waals surface area contributed by atoms with Crippen molar-refractivity contribution in [2.75, 3.05) is 0 Å². The Morgan fingerprint density at radius 2 is 0.870 bits per heavy atom. The maximum Gasteiger partial charge on any atom is 0.156 e. The molecule has 0 unspecified atom stereocenters. The third kappa shape index (κ3) is 4.70. The maximum atomic E-state index is 5.16. The van der Waals surface area contributed by atoms with Gasteiger partial charge in [0.2, 0.25) is 0 Å². The van der Waals surface area contributed by atoms with Crippen LogP contribution in [0.5, 0.6) is 0 Å². The Balaban J connectivity index is 1.12. The summed E-state index contributed by atoms with van der Waals surface area (Å²) in [4.78, 5) is 10.3. The summed E-state index contributed by atoms with van der Waals surface area (Å²) in [5.41, 5.74) is 12.2. The molecule has 0 radical (unpaired) electrons. The number of fused-ring (bicyclic) bond motifs is 9. The Hall–Kier alpha value is -7.30. The van der Waals surface area contributed by atoms with Gasteiger partial charge in [0.25, 0.3) is 0 Å². The van der Waals surface area contributed by atoms with E-state index in [0.717, 1.165) is 44.9 Å². The summed E-state index contributed by atoms with van der Waals surface area (Å²) in [6.45, 7) is 0. The second-order valence-corrected chi connectivity index (χ2v) is 13.8. The minimum atomic E-state index is 0.784. The summed E-state index contributed by atoms with van der Waals surface area (Å²) < 4.78 is 4.67. The topological polar surface area (TPSA) is 35.6 Å². The fourth-order valence-electron chi connectivity index (χ4n) is 8.38. The maximum absolute atomic E-state index is 5.16. The molecule has 0 atom stereocenters. The van der Waals surface area contributed by atoms with Crippen molar-refractivity contribution in [1.29, 1.82) is 0 Å². The molecule has 0 aliphatic carbocycles. The van der Waals surface area contributed by atoms with Crippen LogP contribution in [0.3, 0.4) is 0 Å². The molecule has 252 valence electrons. The second kappa shape index (κ2) is 12.1. The largest absolute Gasteiger partial charge is 0.309 e. The van der Waals surface area contributed by atoms with Gasteiger partial charge in [0, 0.05) is 38.2 Å². The number of hydrogen-bond acceptors (Lipinski definition) is 2. The van der Waals surface area contributed by atoms with E-state index in [2.05, 4.69) is 191 Å². The fourth-order valence-corrected chi connectivity index (χ4v) is 8.38. The van der Waals surface area contributed by atoms with Gasteiger partial charge in [-0.3, -0.25) is 9.55 Å². The van der Waals surface area contributed by atoms with Crippen molar-refractivity contribution in [1.82, 2.24) is 19.1 Å². The van der Waals surface area contributed by atoms with Crippen molar-refractivity contribution in [2.45, 2.75) is 0 Å². The highest BCUT2D eigenvalue weighted by molar-refractivity contribution is 6.27. The molecule has 3 heterocycles. The van der Waals surface area contributed by atoms with Crippen LogP contribution >= 0.6 is 0 Å². The minimum Gasteiger partial charge on any atom is -0.309 e. The van der Waals surface area contributed by atoms with E-state index in [1.54, 1.807) is 0 Å². The molecule has 0 amide bonds. The molecule has 11 rings (SSSR count). The van der Waals surface area contributed by atoms with E-state index < -0.39 is 0 Å². The molecule has 11 aromatic rings. The van der Waals surface area contributed by atoms with Crippen LogP contribution in [0, 0.1) is 0 Å². The third-order valence-corrected chi connectivity index (χ3v) is 10.8. The summed E-state index contributed by atoms with van der Waals surface area (Å²) >= 11 is 0. The molecule has 0 aliphatic rings. The number of rotatable bonds is 5. The lowest BCUT2D eigenvalue weighted by Gasteiger charge is -2.12. The third-order valence-electron chi connectivity index (χ3n) is 10.8. The Bertz CT molecular complexity index is 3120. The van der Waals surface area contributed by atoms with E-state index >= 15 is 0 Å². The van der Waals surface area contributed by atoms with Gasteiger partial charge in [-0.25, -0.2) is 4.98 Å². The van der Waals surface area contributed by atoms with E-state index in [1.165, 1.54) is 54.5 Å². The molecule has 3 aromatic heterocycles. The molecule has 54 heavy (non-hydrogen) atoms. The average Bonchev–Trinajstić information content (AvgIpc) is 3.78. The van der Waals surface area contributed by atoms with Crippen molar-refractivity contribution in [3.05, 3.63) is 194 Å². The van der Waals surface area contributed by atoms with Crippen molar-refractivity contribution in [3.8, 4) is 45.0 Å². The summed E-state index contributed by atoms with van der Waals surface area (Å²) in [5.74, 6) is 0.784. The first-order valence-electron chi connectivity index (χ1n) is 18.3. The number of benzene rings is 8. The normalized spacial score (nSPS) is 11.7. The molecule has 4 heteroatoms. The first kappa shape index (κ1) is 30.3. The van der Waals surface area contributed by atoms with Crippen LogP contribution in [-0.2, 0) is 0 Å². The lowest BCUT2D eigenvalue weighted by molar-refractivity contribution is 1.05. The molecular weight excluding hydrogens is 657 g/mol. The lowest BCUT2D eigenvalue weighted by atomic mass is 9.95. The van der Waals surface area contributed by atoms with E-state index in [-0.39, 0.29) is 0 Å². The second-order valence-electron chi connectivity index (χ2n) is 13.8. The summed E-state index contributed by atoms with van der Waals surface area (Å²) in [6, 6.07) is 64.9. The highest BCUT2D eigenvalue weighted by Crippen LogP contribution is 2.42. The molecule has 0 aliphatic heterocycles. The smallest absolute Gasteiger partial charge is 0.156 e. The lowest BCUT2D eigenvalue weighted by Crippen LogP contribution is -2.00. The zero-order chi connectivity index (χ0) is 35.6. The van der Waals surface area contributed by atoms with Gasteiger partial charge in [0.15, 0.2) is 5.82 Å². The van der Waals surface area contributed by atoms with Gasteiger partial charge in [-0.15, -0.1) is 0 Å². The predicted molar refractivity (Wildman–Crippen MR) is 225 cm³/mol. The van der Waals surface area contributed by atoms with E-state index in [9.17, 15) is 0 Å². The van der Waals surface area contributed by atoms with E-state index in [4.69, 9.17) is 9.97 Å². The minimum absolute atomic E-state index is 0.784. The number of hydrogen-bond donors (Lipinski definition) is 0. The number of aromatic nitrogens is 4. The molecular formula is C50H32N4. The van der Waals surface area contributed by atoms with Crippen LogP contribution in [0.4, 0.5) is 0 Å². The molecule has 0 saturated heterocycles. The van der Waals surface area contributed by atoms with Gasteiger partial charge in [-0.2, -0.15) is 0 Å². The van der Waals surface area contributed by atoms with Crippen LogP contribution in [0.25, 0.3) is 99.4 Å². The van der Waals surface area contributed by atoms with Crippen molar-refractivity contribution in [2.24, 2.45) is 0 Å². The van der Waals surface area contributed by atoms with E-state index in [1.807, 2.05) is 12.4 Å². The Morgan fingerprint density at radius 1 is 0.333 bits per heavy atom. The fraction of sp³-hybridized carbons (Fsp3) is 0. The molecule has 0 saturated carbocycles. The van der Waals surface area contributed by atoms with Gasteiger partial charge < -0.3 is 4.57 Å². The van der Waals surface area contributed by atoms with Crippen LogP contribution in [0.2, 0.25) is 0 Å². The van der Waals surface area contributed by atoms with Crippen molar-refractivity contribution >= 4 is 54.4 Å². The standard InChI is InChI=1S/C50H32N4/c1-4-14-33(15-5-1)35-28-36(34-16-6-2-7-17-34)30-37(29-35)44-31-52-48(32-51-44)54-45-22-12-10-20-39(45)41-25-24-40-42(50(41)54)26-27-47-49(40)43-21-11-13-23-46(43)53(47)38-18-8-3-9-19-38/h1-32H. The van der Waals surface area contributed by atoms with Crippen LogP contribution in [-0.4, -0.2) is 19.1 Å². The molecule has 0 spiro atoms. The van der Waals surface area contributed by atoms with Gasteiger partial charge in [-0.1, -0.05) is 133 Å². The molecule has 0 bridgehead atoms. The van der Waals surface area contributed by atoms with Gasteiger partial charge in [0.1, 0.15) is 0 Å². The molecule has 0 fully saturated rings. The summed E-state index contributed by atoms with van der Waals surface area (Å²) in [5, 5.41) is 7.26. The quantitative estimate of drug-likeness (QED) is 0.180. The van der Waals surface area contributed by atoms with Gasteiger partial charge in [-0.05, 0) is 76.2 Å². The average molecular weight is 689 g/mol. The zero-order valence-electron chi connectivity index (χ0n) is 29.3. The van der Waals surface area contributed by atoms with E-state index in [0.29, 0.717) is 0 Å². The Morgan fingerprint density at radius 3 is 1.54 bits per heavy atom. The summed E-state index contributed by atoms with van der Waals surface area (Å²) in [7, 11) is 0. The first-order chi connectivity index (χ1) is 26.8. The molecule has 4 nitrogen and oxygen atoms in total. The number of para-hydroxylation sites is 3. The Labute approximate surface area is 311 Å². The van der Waals surface area contributed by atoms with Crippen LogP contribution in [0.1, 0.15) is 0 Å². The Kier molecular flexibility index (Phi) is 6.82. The monoisotopic (exact) mass is 688 g/mol. The van der Waals surface area contributed by atoms with Crippen LogP contribution in [0.15, 0.2) is 194 Å². The van der Waals surface area contributed by atoms with Crippen molar-refractivity contribution < 1.29 is 0 Å². The molecule has 8 aromatic carbocycles. The molecule has 0 N–H and O–H groups in total. The highest BCUT2D eigenvalue weighted by Gasteiger charge is 2.20. The highest BCUT2D eigenvalue weighted by atomic mass is 15.1. The first-order valence-corrected chi connectivity index (χ1v) is 18.3. The summed E-state index contributed by atoms with van der Waals surface area (Å²) in [6.07, 6.45) is 3.85. The predicted octanol–water partition coefficient (Wildman–Crippen LogP) is 12.8. The van der Waals surface area contributed by atoms with Gasteiger partial charge >= 0.3 is 0 Å².